The van der Waals surface area contributed by atoms with Gasteiger partial charge in [-0.3, -0.25) is 0 Å². The summed E-state index contributed by atoms with van der Waals surface area (Å²) in [5, 5.41) is 9.25. The third kappa shape index (κ3) is 1.95. The summed E-state index contributed by atoms with van der Waals surface area (Å²) in [6.45, 7) is 0. The van der Waals surface area contributed by atoms with Crippen molar-refractivity contribution in [1.29, 1.82) is 0 Å². The number of rotatable bonds is 1. The van der Waals surface area contributed by atoms with Crippen LogP contribution in [0, 0.1) is 0 Å². The number of fused-ring (bicyclic) bond motifs is 1. The average molecular weight is 258 g/mol. The Morgan fingerprint density at radius 2 is 1.78 bits per heavy atom. The summed E-state index contributed by atoms with van der Waals surface area (Å²) in [7, 11) is 0. The monoisotopic (exact) mass is 258 g/mol. The van der Waals surface area contributed by atoms with Gasteiger partial charge in [-0.25, -0.2) is 4.79 Å². The van der Waals surface area contributed by atoms with Gasteiger partial charge in [0, 0.05) is 10.5 Å². The van der Waals surface area contributed by atoms with E-state index in [9.17, 15) is 9.90 Å². The summed E-state index contributed by atoms with van der Waals surface area (Å²) < 4.78 is 5.38. The van der Waals surface area contributed by atoms with Crippen LogP contribution >= 0.6 is 11.8 Å². The van der Waals surface area contributed by atoms with Crippen LogP contribution in [0.25, 0.3) is 0 Å². The molecule has 0 radical (unpaired) electrons. The number of phenolic OH excluding ortho intramolecular Hbond substituents is 1. The van der Waals surface area contributed by atoms with Crippen molar-refractivity contribution in [3.05, 3.63) is 59.7 Å². The minimum Gasteiger partial charge on any atom is -0.508 e. The molecule has 1 heterocycles. The van der Waals surface area contributed by atoms with Gasteiger partial charge in [0.2, 0.25) is 0 Å². The second-order valence-corrected chi connectivity index (χ2v) is 5.05. The van der Waals surface area contributed by atoms with Crippen molar-refractivity contribution in [2.75, 3.05) is 0 Å². The van der Waals surface area contributed by atoms with Gasteiger partial charge in [0.25, 0.3) is 0 Å². The standard InChI is InChI=1S/C14H10O3S/c15-10-7-5-9(6-8-10)14-17-13(16)11-3-1-2-4-12(11)18-14/h1-8,14-15H. The van der Waals surface area contributed by atoms with Gasteiger partial charge in [-0.2, -0.15) is 0 Å². The second-order valence-electron chi connectivity index (χ2n) is 3.94. The maximum absolute atomic E-state index is 11.9. The molecule has 18 heavy (non-hydrogen) atoms. The number of esters is 1. The summed E-state index contributed by atoms with van der Waals surface area (Å²) in [5.41, 5.74) is 1.12. The molecule has 0 amide bonds. The van der Waals surface area contributed by atoms with E-state index in [1.807, 2.05) is 18.2 Å². The molecule has 1 atom stereocenters. The minimum absolute atomic E-state index is 0.200. The van der Waals surface area contributed by atoms with Crippen LogP contribution in [0.5, 0.6) is 5.75 Å². The van der Waals surface area contributed by atoms with Crippen LogP contribution < -0.4 is 0 Å². The van der Waals surface area contributed by atoms with E-state index >= 15 is 0 Å². The molecule has 3 nitrogen and oxygen atoms in total. The molecule has 0 spiro atoms. The molecule has 1 N–H and O–H groups in total. The molecule has 0 saturated carbocycles. The lowest BCUT2D eigenvalue weighted by Gasteiger charge is -2.24. The fraction of sp³-hybridized carbons (Fsp3) is 0.0714. The third-order valence-corrected chi connectivity index (χ3v) is 3.91. The molecule has 0 fully saturated rings. The first kappa shape index (κ1) is 11.2. The van der Waals surface area contributed by atoms with Crippen LogP contribution in [0.4, 0.5) is 0 Å². The molecule has 2 aromatic carbocycles. The minimum atomic E-state index is -0.354. The molecule has 3 rings (SSSR count). The number of thioether (sulfide) groups is 1. The molecule has 0 aromatic heterocycles. The molecule has 1 unspecified atom stereocenters. The Morgan fingerprint density at radius 3 is 2.56 bits per heavy atom. The first-order valence-corrected chi connectivity index (χ1v) is 6.37. The van der Waals surface area contributed by atoms with Gasteiger partial charge in [-0.05, 0) is 24.3 Å². The Labute approximate surface area is 108 Å². The van der Waals surface area contributed by atoms with Crippen molar-refractivity contribution in [1.82, 2.24) is 0 Å². The smallest absolute Gasteiger partial charge is 0.340 e. The average Bonchev–Trinajstić information content (AvgIpc) is 2.39. The highest BCUT2D eigenvalue weighted by Crippen LogP contribution is 2.42. The van der Waals surface area contributed by atoms with Crippen LogP contribution in [0.1, 0.15) is 21.4 Å². The highest BCUT2D eigenvalue weighted by atomic mass is 32.2. The summed E-state index contributed by atoms with van der Waals surface area (Å²) >= 11 is 1.50. The van der Waals surface area contributed by atoms with Crippen LogP contribution in [0.2, 0.25) is 0 Å². The number of phenols is 1. The molecule has 90 valence electrons. The zero-order valence-electron chi connectivity index (χ0n) is 9.37. The van der Waals surface area contributed by atoms with Crippen molar-refractivity contribution in [3.63, 3.8) is 0 Å². The van der Waals surface area contributed by atoms with Gasteiger partial charge in [0.15, 0.2) is 5.44 Å². The number of hydrogen-bond donors (Lipinski definition) is 1. The van der Waals surface area contributed by atoms with E-state index in [1.165, 1.54) is 11.8 Å². The lowest BCUT2D eigenvalue weighted by atomic mass is 10.2. The van der Waals surface area contributed by atoms with E-state index in [1.54, 1.807) is 30.3 Å². The van der Waals surface area contributed by atoms with E-state index < -0.39 is 0 Å². The predicted octanol–water partition coefficient (Wildman–Crippen LogP) is 3.35. The van der Waals surface area contributed by atoms with Crippen LogP contribution in [-0.2, 0) is 4.74 Å². The Hall–Kier alpha value is -1.94. The Morgan fingerprint density at radius 1 is 1.06 bits per heavy atom. The number of carbonyl (C=O) groups excluding carboxylic acids is 1. The van der Waals surface area contributed by atoms with Gasteiger partial charge in [-0.15, -0.1) is 0 Å². The maximum atomic E-state index is 11.9. The first-order valence-electron chi connectivity index (χ1n) is 5.49. The zero-order chi connectivity index (χ0) is 12.5. The van der Waals surface area contributed by atoms with Gasteiger partial charge < -0.3 is 9.84 Å². The topological polar surface area (TPSA) is 46.5 Å². The molecular formula is C14H10O3S. The van der Waals surface area contributed by atoms with Gasteiger partial charge in [0.05, 0.1) is 5.56 Å². The molecule has 0 aliphatic carbocycles. The molecule has 0 saturated heterocycles. The van der Waals surface area contributed by atoms with Crippen LogP contribution in [0.15, 0.2) is 53.4 Å². The van der Waals surface area contributed by atoms with Gasteiger partial charge in [0.1, 0.15) is 5.75 Å². The highest BCUT2D eigenvalue weighted by molar-refractivity contribution is 7.99. The first-order chi connectivity index (χ1) is 8.74. The Bertz CT molecular complexity index is 592. The lowest BCUT2D eigenvalue weighted by molar-refractivity contribution is 0.0440. The normalized spacial score (nSPS) is 18.0. The Balaban J connectivity index is 1.94. The quantitative estimate of drug-likeness (QED) is 0.797. The summed E-state index contributed by atoms with van der Waals surface area (Å²) in [4.78, 5) is 12.8. The van der Waals surface area contributed by atoms with Crippen LogP contribution in [0.3, 0.4) is 0 Å². The highest BCUT2D eigenvalue weighted by Gasteiger charge is 2.27. The molecule has 2 aromatic rings. The number of benzene rings is 2. The van der Waals surface area contributed by atoms with E-state index in [4.69, 9.17) is 4.74 Å². The van der Waals surface area contributed by atoms with Crippen molar-refractivity contribution in [2.24, 2.45) is 0 Å². The predicted molar refractivity (Wildman–Crippen MR) is 68.6 cm³/mol. The molecular weight excluding hydrogens is 248 g/mol. The maximum Gasteiger partial charge on any atom is 0.340 e. The van der Waals surface area contributed by atoms with Crippen LogP contribution in [-0.4, -0.2) is 11.1 Å². The van der Waals surface area contributed by atoms with Crippen molar-refractivity contribution in [3.8, 4) is 5.75 Å². The van der Waals surface area contributed by atoms with Gasteiger partial charge in [-0.1, -0.05) is 36.0 Å². The largest absolute Gasteiger partial charge is 0.508 e. The number of aromatic hydroxyl groups is 1. The summed E-state index contributed by atoms with van der Waals surface area (Å²) in [6, 6.07) is 14.1. The summed E-state index contributed by atoms with van der Waals surface area (Å²) in [5.74, 6) is -0.103. The SMILES string of the molecule is O=C1OC(c2ccc(O)cc2)Sc2ccccc21. The third-order valence-electron chi connectivity index (χ3n) is 2.72. The number of ether oxygens (including phenoxy) is 1. The molecule has 1 aliphatic heterocycles. The lowest BCUT2D eigenvalue weighted by Crippen LogP contribution is -2.15. The Kier molecular flexibility index (Phi) is 2.72. The van der Waals surface area contributed by atoms with Crippen molar-refractivity contribution >= 4 is 17.7 Å². The molecule has 0 bridgehead atoms. The van der Waals surface area contributed by atoms with Crippen molar-refractivity contribution in [2.45, 2.75) is 10.3 Å². The summed E-state index contributed by atoms with van der Waals surface area (Å²) in [6.07, 6.45) is 0. The van der Waals surface area contributed by atoms with Crippen molar-refractivity contribution < 1.29 is 14.6 Å². The van der Waals surface area contributed by atoms with Gasteiger partial charge >= 0.3 is 5.97 Å². The number of carbonyl (C=O) groups is 1. The fourth-order valence-corrected chi connectivity index (χ4v) is 2.90. The fourth-order valence-electron chi connectivity index (χ4n) is 1.81. The van der Waals surface area contributed by atoms with E-state index in [0.29, 0.717) is 5.56 Å². The van der Waals surface area contributed by atoms with E-state index in [-0.39, 0.29) is 17.2 Å². The number of cyclic esters (lactones) is 1. The second kappa shape index (κ2) is 4.38. The zero-order valence-corrected chi connectivity index (χ0v) is 10.2. The molecule has 4 heteroatoms. The van der Waals surface area contributed by atoms with E-state index in [2.05, 4.69) is 0 Å². The number of hydrogen-bond acceptors (Lipinski definition) is 4. The van der Waals surface area contributed by atoms with E-state index in [0.717, 1.165) is 10.5 Å². The molecule has 1 aliphatic rings.